The molecule has 0 radical (unpaired) electrons. The maximum atomic E-state index is 13.1. The highest BCUT2D eigenvalue weighted by Crippen LogP contribution is 2.40. The Morgan fingerprint density at radius 3 is 2.57 bits per heavy atom. The van der Waals surface area contributed by atoms with Crippen LogP contribution in [0.4, 0.5) is 11.4 Å². The molecule has 9 heteroatoms. The number of aromatic nitrogens is 2. The number of hydrogen-bond donors (Lipinski definition) is 2. The van der Waals surface area contributed by atoms with Crippen molar-refractivity contribution >= 4 is 17.3 Å². The molecule has 2 aromatic carbocycles. The summed E-state index contributed by atoms with van der Waals surface area (Å²) < 4.78 is 11.4. The number of fused-ring (bicyclic) bond motifs is 1. The number of aliphatic hydroxyl groups excluding tert-OH is 1. The Kier molecular flexibility index (Phi) is 6.44. The number of nitrogens with zero attached hydrogens (tertiary/aromatic N) is 4. The molecule has 2 unspecified atom stereocenters. The second-order valence-electron chi connectivity index (χ2n) is 9.34. The normalized spacial score (nSPS) is 19.1. The number of benzene rings is 2. The third-order valence-corrected chi connectivity index (χ3v) is 6.66. The summed E-state index contributed by atoms with van der Waals surface area (Å²) in [5.41, 5.74) is 4.37. The summed E-state index contributed by atoms with van der Waals surface area (Å²) in [7, 11) is 2.12. The Labute approximate surface area is 204 Å². The highest BCUT2D eigenvalue weighted by molar-refractivity contribution is 5.95. The fourth-order valence-electron chi connectivity index (χ4n) is 4.56. The summed E-state index contributed by atoms with van der Waals surface area (Å²) in [6.07, 6.45) is 0.132. The molecule has 2 atom stereocenters. The molecule has 5 rings (SSSR count). The number of likely N-dealkylation sites (N-methyl/N-ethyl adjacent to an activating group) is 1. The van der Waals surface area contributed by atoms with Gasteiger partial charge in [-0.1, -0.05) is 5.16 Å². The minimum atomic E-state index is -0.592. The summed E-state index contributed by atoms with van der Waals surface area (Å²) in [6.45, 7) is 7.18. The number of anilines is 2. The minimum absolute atomic E-state index is 0.178. The van der Waals surface area contributed by atoms with Crippen LogP contribution in [0, 0.1) is 6.92 Å². The Morgan fingerprint density at radius 1 is 1.17 bits per heavy atom. The zero-order valence-corrected chi connectivity index (χ0v) is 20.3. The maximum Gasteiger partial charge on any atom is 0.265 e. The molecule has 1 aromatic heterocycles. The van der Waals surface area contributed by atoms with Crippen molar-refractivity contribution in [3.8, 4) is 17.1 Å². The van der Waals surface area contributed by atoms with Gasteiger partial charge in [0.1, 0.15) is 5.75 Å². The smallest absolute Gasteiger partial charge is 0.265 e. The van der Waals surface area contributed by atoms with Gasteiger partial charge in [-0.25, -0.2) is 0 Å². The van der Waals surface area contributed by atoms with E-state index < -0.39 is 12.2 Å². The summed E-state index contributed by atoms with van der Waals surface area (Å²) >= 11 is 0. The van der Waals surface area contributed by atoms with Crippen LogP contribution in [0.5, 0.6) is 5.75 Å². The first kappa shape index (κ1) is 23.3. The molecule has 0 spiro atoms. The van der Waals surface area contributed by atoms with E-state index in [1.165, 1.54) is 0 Å². The molecule has 184 valence electrons. The van der Waals surface area contributed by atoms with Gasteiger partial charge in [-0.2, -0.15) is 4.98 Å². The van der Waals surface area contributed by atoms with Gasteiger partial charge >= 0.3 is 0 Å². The van der Waals surface area contributed by atoms with Crippen LogP contribution in [-0.2, 0) is 11.2 Å². The van der Waals surface area contributed by atoms with E-state index in [9.17, 15) is 9.90 Å². The minimum Gasteiger partial charge on any atom is -0.478 e. The number of aryl methyl sites for hydroxylation is 2. The summed E-state index contributed by atoms with van der Waals surface area (Å²) in [5, 5.41) is 17.1. The lowest BCUT2D eigenvalue weighted by Gasteiger charge is -2.37. The van der Waals surface area contributed by atoms with Gasteiger partial charge < -0.3 is 29.5 Å². The molecular formula is C26H31N5O4. The van der Waals surface area contributed by atoms with Crippen LogP contribution in [0.2, 0.25) is 0 Å². The molecule has 2 N–H and O–H groups in total. The van der Waals surface area contributed by atoms with Crippen molar-refractivity contribution in [1.29, 1.82) is 0 Å². The van der Waals surface area contributed by atoms with Crippen LogP contribution in [-0.4, -0.2) is 65.4 Å². The van der Waals surface area contributed by atoms with Crippen molar-refractivity contribution < 1.29 is 19.2 Å². The number of ether oxygens (including phenoxy) is 1. The monoisotopic (exact) mass is 477 g/mol. The summed E-state index contributed by atoms with van der Waals surface area (Å²) in [4.78, 5) is 21.9. The first-order valence-corrected chi connectivity index (χ1v) is 12.0. The fraction of sp³-hybridized carbons (Fsp3) is 0.423. The Balaban J connectivity index is 1.33. The van der Waals surface area contributed by atoms with E-state index in [2.05, 4.69) is 32.3 Å². The lowest BCUT2D eigenvalue weighted by Crippen LogP contribution is -2.45. The Bertz CT molecular complexity index is 1200. The number of rotatable bonds is 5. The van der Waals surface area contributed by atoms with Crippen molar-refractivity contribution in [3.63, 3.8) is 0 Å². The van der Waals surface area contributed by atoms with E-state index in [1.54, 1.807) is 13.8 Å². The molecule has 3 heterocycles. The standard InChI is InChI=1S/C26H31N5O4/c1-16(32)20-14-19-6-9-23(34-24(19)22(15-20)31-12-10-30(3)11-13-31)26(33)28-21-7-4-18(5-8-21)25-27-17(2)35-29-25/h4-5,7-8,14-16,23,32H,6,9-13H2,1-3H3,(H,28,33). The summed E-state index contributed by atoms with van der Waals surface area (Å²) in [6, 6.07) is 11.3. The van der Waals surface area contributed by atoms with Gasteiger partial charge in [0.25, 0.3) is 5.91 Å². The molecule has 2 aliphatic rings. The van der Waals surface area contributed by atoms with Crippen molar-refractivity contribution in [3.05, 3.63) is 53.4 Å². The van der Waals surface area contributed by atoms with E-state index >= 15 is 0 Å². The highest BCUT2D eigenvalue weighted by Gasteiger charge is 2.31. The van der Waals surface area contributed by atoms with Gasteiger partial charge in [0.15, 0.2) is 6.10 Å². The van der Waals surface area contributed by atoms with Gasteiger partial charge in [-0.05, 0) is 74.3 Å². The highest BCUT2D eigenvalue weighted by atomic mass is 16.5. The van der Waals surface area contributed by atoms with Crippen LogP contribution in [0.25, 0.3) is 11.4 Å². The van der Waals surface area contributed by atoms with Gasteiger partial charge in [0.05, 0.1) is 11.8 Å². The van der Waals surface area contributed by atoms with E-state index in [0.29, 0.717) is 30.2 Å². The number of aliphatic hydroxyl groups is 1. The lowest BCUT2D eigenvalue weighted by atomic mass is 9.96. The Morgan fingerprint density at radius 2 is 1.91 bits per heavy atom. The maximum absolute atomic E-state index is 13.1. The van der Waals surface area contributed by atoms with E-state index in [1.807, 2.05) is 36.4 Å². The molecule has 0 bridgehead atoms. The molecule has 3 aromatic rings. The van der Waals surface area contributed by atoms with E-state index in [-0.39, 0.29) is 5.91 Å². The van der Waals surface area contributed by atoms with Gasteiger partial charge in [0, 0.05) is 44.4 Å². The average molecular weight is 478 g/mol. The van der Waals surface area contributed by atoms with Crippen LogP contribution in [0.1, 0.15) is 36.5 Å². The first-order valence-electron chi connectivity index (χ1n) is 12.0. The largest absolute Gasteiger partial charge is 0.478 e. The molecule has 1 fully saturated rings. The number of amides is 1. The average Bonchev–Trinajstić information content (AvgIpc) is 3.30. The predicted molar refractivity (Wildman–Crippen MR) is 133 cm³/mol. The van der Waals surface area contributed by atoms with E-state index in [0.717, 1.165) is 54.3 Å². The van der Waals surface area contributed by atoms with Crippen LogP contribution in [0.3, 0.4) is 0 Å². The van der Waals surface area contributed by atoms with E-state index in [4.69, 9.17) is 9.26 Å². The van der Waals surface area contributed by atoms with Crippen LogP contribution >= 0.6 is 0 Å². The summed E-state index contributed by atoms with van der Waals surface area (Å²) in [5.74, 6) is 1.60. The second-order valence-corrected chi connectivity index (χ2v) is 9.34. The molecule has 2 aliphatic heterocycles. The first-order chi connectivity index (χ1) is 16.9. The molecular weight excluding hydrogens is 446 g/mol. The van der Waals surface area contributed by atoms with Crippen LogP contribution < -0.4 is 15.0 Å². The van der Waals surface area contributed by atoms with Crippen LogP contribution in [0.15, 0.2) is 40.9 Å². The molecule has 1 saturated heterocycles. The van der Waals surface area contributed by atoms with Crippen molar-refractivity contribution in [2.45, 2.75) is 38.9 Å². The van der Waals surface area contributed by atoms with Crippen molar-refractivity contribution in [2.75, 3.05) is 43.4 Å². The predicted octanol–water partition coefficient (Wildman–Crippen LogP) is 3.18. The molecule has 9 nitrogen and oxygen atoms in total. The third kappa shape index (κ3) is 5.01. The number of nitrogens with one attached hydrogen (secondary N) is 1. The quantitative estimate of drug-likeness (QED) is 0.578. The molecule has 0 saturated carbocycles. The second kappa shape index (κ2) is 9.67. The fourth-order valence-corrected chi connectivity index (χ4v) is 4.56. The Hall–Kier alpha value is -3.43. The van der Waals surface area contributed by atoms with Gasteiger partial charge in [-0.3, -0.25) is 4.79 Å². The number of hydrogen-bond acceptors (Lipinski definition) is 8. The topological polar surface area (TPSA) is 104 Å². The molecule has 0 aliphatic carbocycles. The third-order valence-electron chi connectivity index (χ3n) is 6.66. The van der Waals surface area contributed by atoms with Gasteiger partial charge in [0.2, 0.25) is 11.7 Å². The van der Waals surface area contributed by atoms with Crippen molar-refractivity contribution in [1.82, 2.24) is 15.0 Å². The number of piperazine rings is 1. The molecule has 1 amide bonds. The molecule has 35 heavy (non-hydrogen) atoms. The lowest BCUT2D eigenvalue weighted by molar-refractivity contribution is -0.123. The SMILES string of the molecule is Cc1nc(-c2ccc(NC(=O)C3CCc4cc(C(C)O)cc(N5CCN(C)CC5)c4O3)cc2)no1. The zero-order valence-electron chi connectivity index (χ0n) is 20.3. The zero-order chi connectivity index (χ0) is 24.5. The number of carbonyl (C=O) groups excluding carboxylic acids is 1. The van der Waals surface area contributed by atoms with Crippen molar-refractivity contribution in [2.24, 2.45) is 0 Å². The number of carbonyl (C=O) groups is 1. The van der Waals surface area contributed by atoms with Gasteiger partial charge in [-0.15, -0.1) is 0 Å².